The van der Waals surface area contributed by atoms with E-state index in [1.807, 2.05) is 0 Å². The van der Waals surface area contributed by atoms with Crippen molar-refractivity contribution in [2.75, 3.05) is 19.6 Å². The molecule has 1 saturated heterocycles. The maximum Gasteiger partial charge on any atom is 0.303 e. The van der Waals surface area contributed by atoms with E-state index in [0.717, 1.165) is 32.5 Å². The molecule has 0 amide bonds. The number of carboxylic acid groups (broad SMARTS) is 1. The van der Waals surface area contributed by atoms with Crippen molar-refractivity contribution < 1.29 is 14.6 Å². The molecule has 0 aromatic carbocycles. The molecule has 0 bridgehead atoms. The van der Waals surface area contributed by atoms with Gasteiger partial charge < -0.3 is 9.84 Å². The largest absolute Gasteiger partial charge is 0.481 e. The van der Waals surface area contributed by atoms with Crippen LogP contribution in [0.1, 0.15) is 33.1 Å². The van der Waals surface area contributed by atoms with E-state index >= 15 is 0 Å². The van der Waals surface area contributed by atoms with Crippen molar-refractivity contribution >= 4 is 5.97 Å². The molecule has 1 rings (SSSR count). The summed E-state index contributed by atoms with van der Waals surface area (Å²) in [6.07, 6.45) is 2.62. The summed E-state index contributed by atoms with van der Waals surface area (Å²) in [6, 6.07) is 0. The summed E-state index contributed by atoms with van der Waals surface area (Å²) in [5.74, 6) is -0.705. The lowest BCUT2D eigenvalue weighted by Crippen LogP contribution is -2.46. The molecule has 15 heavy (non-hydrogen) atoms. The Hall–Kier alpha value is -0.610. The molecule has 1 aliphatic heterocycles. The minimum absolute atomic E-state index is 0.266. The minimum atomic E-state index is -0.705. The van der Waals surface area contributed by atoms with Crippen LogP contribution in [0.5, 0.6) is 0 Å². The first kappa shape index (κ1) is 12.5. The highest BCUT2D eigenvalue weighted by Gasteiger charge is 2.23. The average Bonchev–Trinajstić information content (AvgIpc) is 2.16. The van der Waals surface area contributed by atoms with Crippen LogP contribution in [0.3, 0.4) is 0 Å². The molecule has 2 atom stereocenters. The second-order valence-corrected chi connectivity index (χ2v) is 4.23. The maximum absolute atomic E-state index is 10.4. The second kappa shape index (κ2) is 6.08. The van der Waals surface area contributed by atoms with Gasteiger partial charge in [0.1, 0.15) is 0 Å². The van der Waals surface area contributed by atoms with Gasteiger partial charge in [-0.15, -0.1) is 0 Å². The summed E-state index contributed by atoms with van der Waals surface area (Å²) in [6.45, 7) is 6.94. The van der Waals surface area contributed by atoms with E-state index in [1.165, 1.54) is 0 Å². The third-order valence-corrected chi connectivity index (χ3v) is 2.72. The zero-order valence-electron chi connectivity index (χ0n) is 9.61. The van der Waals surface area contributed by atoms with E-state index in [2.05, 4.69) is 18.7 Å². The van der Waals surface area contributed by atoms with Crippen LogP contribution in [-0.2, 0) is 9.53 Å². The number of nitrogens with zero attached hydrogens (tertiary/aromatic N) is 1. The number of carbonyl (C=O) groups is 1. The Morgan fingerprint density at radius 2 is 2.27 bits per heavy atom. The predicted octanol–water partition coefficient (Wildman–Crippen LogP) is 1.35. The van der Waals surface area contributed by atoms with Crippen LogP contribution in [-0.4, -0.2) is 47.8 Å². The van der Waals surface area contributed by atoms with Crippen molar-refractivity contribution in [2.45, 2.75) is 45.3 Å². The lowest BCUT2D eigenvalue weighted by molar-refractivity contribution is -0.137. The van der Waals surface area contributed by atoms with Gasteiger partial charge in [-0.3, -0.25) is 9.69 Å². The Labute approximate surface area is 91.2 Å². The number of aliphatic carboxylic acids is 1. The Morgan fingerprint density at radius 1 is 1.53 bits per heavy atom. The Bertz CT molecular complexity index is 208. The van der Waals surface area contributed by atoms with Gasteiger partial charge >= 0.3 is 5.97 Å². The zero-order chi connectivity index (χ0) is 11.3. The van der Waals surface area contributed by atoms with Crippen molar-refractivity contribution in [2.24, 2.45) is 0 Å². The highest BCUT2D eigenvalue weighted by molar-refractivity contribution is 5.66. The minimum Gasteiger partial charge on any atom is -0.481 e. The van der Waals surface area contributed by atoms with Crippen LogP contribution < -0.4 is 0 Å². The molecular formula is C11H21NO3. The molecule has 0 spiro atoms. The van der Waals surface area contributed by atoms with Crippen molar-refractivity contribution in [3.05, 3.63) is 0 Å². The molecule has 0 aromatic rings. The smallest absolute Gasteiger partial charge is 0.303 e. The molecule has 0 unspecified atom stereocenters. The summed E-state index contributed by atoms with van der Waals surface area (Å²) in [5, 5.41) is 8.55. The number of rotatable bonds is 5. The van der Waals surface area contributed by atoms with Crippen LogP contribution >= 0.6 is 0 Å². The molecule has 0 radical (unpaired) electrons. The highest BCUT2D eigenvalue weighted by Crippen LogP contribution is 2.13. The average molecular weight is 215 g/mol. The van der Waals surface area contributed by atoms with Gasteiger partial charge in [0, 0.05) is 19.5 Å². The van der Waals surface area contributed by atoms with Gasteiger partial charge in [0.15, 0.2) is 0 Å². The van der Waals surface area contributed by atoms with Crippen molar-refractivity contribution in [3.8, 4) is 0 Å². The summed E-state index contributed by atoms with van der Waals surface area (Å²) in [4.78, 5) is 12.7. The van der Waals surface area contributed by atoms with Crippen molar-refractivity contribution in [1.29, 1.82) is 0 Å². The van der Waals surface area contributed by atoms with Crippen LogP contribution in [0.2, 0.25) is 0 Å². The Kier molecular flexibility index (Phi) is 5.05. The molecule has 1 fully saturated rings. The molecule has 0 aromatic heterocycles. The summed E-state index contributed by atoms with van der Waals surface area (Å²) >= 11 is 0. The van der Waals surface area contributed by atoms with E-state index in [4.69, 9.17) is 9.84 Å². The van der Waals surface area contributed by atoms with Gasteiger partial charge in [0.05, 0.1) is 12.2 Å². The van der Waals surface area contributed by atoms with Gasteiger partial charge in [0.2, 0.25) is 0 Å². The molecule has 1 aliphatic rings. The van der Waals surface area contributed by atoms with Crippen LogP contribution in [0.4, 0.5) is 0 Å². The molecular weight excluding hydrogens is 194 g/mol. The van der Waals surface area contributed by atoms with E-state index in [9.17, 15) is 4.79 Å². The molecule has 0 aliphatic carbocycles. The van der Waals surface area contributed by atoms with Crippen LogP contribution in [0, 0.1) is 0 Å². The van der Waals surface area contributed by atoms with E-state index in [-0.39, 0.29) is 12.5 Å². The third-order valence-electron chi connectivity index (χ3n) is 2.72. The molecule has 0 saturated carbocycles. The molecule has 4 heteroatoms. The first-order chi connectivity index (χ1) is 7.11. The molecule has 4 nitrogen and oxygen atoms in total. The number of hydrogen-bond acceptors (Lipinski definition) is 3. The second-order valence-electron chi connectivity index (χ2n) is 4.23. The topological polar surface area (TPSA) is 49.8 Å². The fourth-order valence-corrected chi connectivity index (χ4v) is 2.00. The fourth-order valence-electron chi connectivity index (χ4n) is 2.00. The number of carboxylic acids is 1. The quantitative estimate of drug-likeness (QED) is 0.752. The standard InChI is InChI=1S/C11H21NO3/c1-3-10-8-12(7-9(2)15-10)6-4-5-11(13)14/h9-10H,3-8H2,1-2H3,(H,13,14)/t9-,10-/m1/s1. The van der Waals surface area contributed by atoms with Gasteiger partial charge in [-0.05, 0) is 26.3 Å². The van der Waals surface area contributed by atoms with Crippen LogP contribution in [0.15, 0.2) is 0 Å². The number of ether oxygens (including phenoxy) is 1. The first-order valence-corrected chi connectivity index (χ1v) is 5.71. The third kappa shape index (κ3) is 4.62. The summed E-state index contributed by atoms with van der Waals surface area (Å²) in [7, 11) is 0. The lowest BCUT2D eigenvalue weighted by atomic mass is 10.1. The molecule has 1 heterocycles. The van der Waals surface area contributed by atoms with Gasteiger partial charge in [-0.25, -0.2) is 0 Å². The van der Waals surface area contributed by atoms with E-state index in [0.29, 0.717) is 6.10 Å². The van der Waals surface area contributed by atoms with Gasteiger partial charge in [0.25, 0.3) is 0 Å². The molecule has 1 N–H and O–H groups in total. The highest BCUT2D eigenvalue weighted by atomic mass is 16.5. The summed E-state index contributed by atoms with van der Waals surface area (Å²) < 4.78 is 5.74. The van der Waals surface area contributed by atoms with Crippen molar-refractivity contribution in [1.82, 2.24) is 4.90 Å². The Morgan fingerprint density at radius 3 is 2.87 bits per heavy atom. The van der Waals surface area contributed by atoms with Gasteiger partial charge in [-0.2, -0.15) is 0 Å². The molecule has 88 valence electrons. The lowest BCUT2D eigenvalue weighted by Gasteiger charge is -2.36. The normalized spacial score (nSPS) is 27.9. The zero-order valence-corrected chi connectivity index (χ0v) is 9.61. The van der Waals surface area contributed by atoms with Crippen molar-refractivity contribution in [3.63, 3.8) is 0 Å². The summed E-state index contributed by atoms with van der Waals surface area (Å²) in [5.41, 5.74) is 0. The van der Waals surface area contributed by atoms with Crippen LogP contribution in [0.25, 0.3) is 0 Å². The SMILES string of the molecule is CC[C@@H]1CN(CCCC(=O)O)C[C@@H](C)O1. The fraction of sp³-hybridized carbons (Fsp3) is 0.909. The number of hydrogen-bond donors (Lipinski definition) is 1. The number of morpholine rings is 1. The maximum atomic E-state index is 10.4. The first-order valence-electron chi connectivity index (χ1n) is 5.71. The van der Waals surface area contributed by atoms with Gasteiger partial charge in [-0.1, -0.05) is 6.92 Å². The Balaban J connectivity index is 2.25. The monoisotopic (exact) mass is 215 g/mol. The van der Waals surface area contributed by atoms with E-state index < -0.39 is 5.97 Å². The van der Waals surface area contributed by atoms with E-state index in [1.54, 1.807) is 0 Å². The predicted molar refractivity (Wildman–Crippen MR) is 57.9 cm³/mol.